The summed E-state index contributed by atoms with van der Waals surface area (Å²) in [4.78, 5) is 23.6. The molecule has 0 saturated heterocycles. The highest BCUT2D eigenvalue weighted by Gasteiger charge is 2.20. The molecule has 0 heterocycles. The molecule has 3 heteroatoms. The average Bonchev–Trinajstić information content (AvgIpc) is 2.47. The monoisotopic (exact) mass is 248 g/mol. The molecule has 0 radical (unpaired) electrons. The smallest absolute Gasteiger partial charge is 0.166 e. The van der Waals surface area contributed by atoms with Gasteiger partial charge in [0.25, 0.3) is 0 Å². The Morgan fingerprint density at radius 3 is 2.00 bits per heavy atom. The summed E-state index contributed by atoms with van der Waals surface area (Å²) < 4.78 is 0. The zero-order chi connectivity index (χ0) is 12.3. The van der Waals surface area contributed by atoms with E-state index in [0.29, 0.717) is 23.4 Å². The lowest BCUT2D eigenvalue weighted by atomic mass is 10.0. The van der Waals surface area contributed by atoms with E-state index in [2.05, 4.69) is 0 Å². The summed E-state index contributed by atoms with van der Waals surface area (Å²) in [5.74, 6) is -0.0788. The lowest BCUT2D eigenvalue weighted by molar-refractivity contribution is -0.120. The topological polar surface area (TPSA) is 34.1 Å². The van der Waals surface area contributed by atoms with Gasteiger partial charge in [0.1, 0.15) is 0 Å². The fourth-order valence-corrected chi connectivity index (χ4v) is 2.01. The van der Waals surface area contributed by atoms with Crippen molar-refractivity contribution in [1.29, 1.82) is 0 Å². The third kappa shape index (κ3) is 3.04. The maximum Gasteiger partial charge on any atom is 0.166 e. The van der Waals surface area contributed by atoms with Crippen LogP contribution in [0.3, 0.4) is 0 Å². The van der Waals surface area contributed by atoms with Crippen molar-refractivity contribution in [3.8, 4) is 0 Å². The van der Waals surface area contributed by atoms with Gasteiger partial charge in [0.15, 0.2) is 11.6 Å². The number of hydrogen-bond donors (Lipinski definition) is 0. The van der Waals surface area contributed by atoms with Gasteiger partial charge in [-0.25, -0.2) is 0 Å². The lowest BCUT2D eigenvalue weighted by Crippen LogP contribution is -2.09. The first-order chi connectivity index (χ1) is 8.16. The zero-order valence-electron chi connectivity index (χ0n) is 9.41. The summed E-state index contributed by atoms with van der Waals surface area (Å²) in [5.41, 5.74) is 1.18. The molecule has 0 spiro atoms. The third-order valence-corrected chi connectivity index (χ3v) is 3.09. The molecule has 0 bridgehead atoms. The van der Waals surface area contributed by atoms with Gasteiger partial charge in [0.05, 0.1) is 5.57 Å². The summed E-state index contributed by atoms with van der Waals surface area (Å²) in [6, 6.07) is 7.11. The molecule has 0 unspecified atom stereocenters. The lowest BCUT2D eigenvalue weighted by Gasteiger charge is -2.01. The van der Waals surface area contributed by atoms with Crippen molar-refractivity contribution in [1.82, 2.24) is 0 Å². The van der Waals surface area contributed by atoms with Gasteiger partial charge < -0.3 is 0 Å². The Hall–Kier alpha value is -1.41. The molecule has 17 heavy (non-hydrogen) atoms. The number of hydrogen-bond acceptors (Lipinski definition) is 2. The van der Waals surface area contributed by atoms with Gasteiger partial charge in [0, 0.05) is 17.9 Å². The molecule has 0 atom stereocenters. The van der Waals surface area contributed by atoms with E-state index in [0.717, 1.165) is 18.4 Å². The highest BCUT2D eigenvalue weighted by Crippen LogP contribution is 2.20. The molecule has 1 aromatic carbocycles. The molecule has 1 aliphatic rings. The number of rotatable bonds is 1. The number of Topliss-reactive ketones (excluding diaryl/α,β-unsaturated/α-hetero) is 2. The van der Waals surface area contributed by atoms with Crippen LogP contribution in [0.2, 0.25) is 5.02 Å². The molecule has 0 N–H and O–H groups in total. The van der Waals surface area contributed by atoms with E-state index < -0.39 is 0 Å². The first-order valence-corrected chi connectivity index (χ1v) is 6.08. The van der Waals surface area contributed by atoms with Crippen LogP contribution < -0.4 is 0 Å². The molecule has 88 valence electrons. The van der Waals surface area contributed by atoms with E-state index in [9.17, 15) is 9.59 Å². The van der Waals surface area contributed by atoms with Crippen LogP contribution >= 0.6 is 11.6 Å². The largest absolute Gasteiger partial charge is 0.294 e. The van der Waals surface area contributed by atoms with Gasteiger partial charge in [-0.3, -0.25) is 9.59 Å². The minimum Gasteiger partial charge on any atom is -0.294 e. The summed E-state index contributed by atoms with van der Waals surface area (Å²) in [6.07, 6.45) is 4.24. The second-order valence-electron chi connectivity index (χ2n) is 4.16. The Morgan fingerprint density at radius 2 is 1.47 bits per heavy atom. The van der Waals surface area contributed by atoms with Crippen LogP contribution in [0.5, 0.6) is 0 Å². The highest BCUT2D eigenvalue weighted by atomic mass is 35.5. The first-order valence-electron chi connectivity index (χ1n) is 5.70. The molecule has 1 aliphatic carbocycles. The summed E-state index contributed by atoms with van der Waals surface area (Å²) in [5, 5.41) is 0.644. The van der Waals surface area contributed by atoms with Gasteiger partial charge >= 0.3 is 0 Å². The van der Waals surface area contributed by atoms with Crippen molar-refractivity contribution in [2.75, 3.05) is 0 Å². The summed E-state index contributed by atoms with van der Waals surface area (Å²) in [7, 11) is 0. The molecule has 1 saturated carbocycles. The third-order valence-electron chi connectivity index (χ3n) is 2.84. The second-order valence-corrected chi connectivity index (χ2v) is 4.60. The number of carbonyl (C=O) groups is 2. The van der Waals surface area contributed by atoms with Crippen LogP contribution in [0.1, 0.15) is 31.2 Å². The quantitative estimate of drug-likeness (QED) is 0.433. The molecule has 1 fully saturated rings. The number of carbonyl (C=O) groups excluding carboxylic acids is 2. The number of benzene rings is 1. The van der Waals surface area contributed by atoms with Crippen molar-refractivity contribution in [2.24, 2.45) is 0 Å². The van der Waals surface area contributed by atoms with Gasteiger partial charge in [0.2, 0.25) is 0 Å². The van der Waals surface area contributed by atoms with Crippen LogP contribution in [0, 0.1) is 0 Å². The average molecular weight is 249 g/mol. The van der Waals surface area contributed by atoms with Crippen molar-refractivity contribution in [2.45, 2.75) is 25.7 Å². The van der Waals surface area contributed by atoms with E-state index >= 15 is 0 Å². The highest BCUT2D eigenvalue weighted by molar-refractivity contribution is 6.30. The molecule has 0 aliphatic heterocycles. The van der Waals surface area contributed by atoms with Crippen LogP contribution in [0.15, 0.2) is 29.8 Å². The van der Waals surface area contributed by atoms with Crippen molar-refractivity contribution < 1.29 is 9.59 Å². The maximum absolute atomic E-state index is 11.8. The van der Waals surface area contributed by atoms with Gasteiger partial charge in [-0.1, -0.05) is 23.7 Å². The Morgan fingerprint density at radius 1 is 0.941 bits per heavy atom. The molecule has 1 aromatic rings. The summed E-state index contributed by atoms with van der Waals surface area (Å²) in [6.45, 7) is 0. The molecule has 2 rings (SSSR count). The van der Waals surface area contributed by atoms with E-state index in [4.69, 9.17) is 11.6 Å². The van der Waals surface area contributed by atoms with Crippen LogP contribution in [0.4, 0.5) is 0 Å². The van der Waals surface area contributed by atoms with Gasteiger partial charge in [-0.15, -0.1) is 0 Å². The Balaban J connectivity index is 2.32. The second kappa shape index (κ2) is 5.28. The van der Waals surface area contributed by atoms with Gasteiger partial charge in [-0.05, 0) is 36.6 Å². The Labute approximate surface area is 105 Å². The van der Waals surface area contributed by atoms with E-state index in [1.165, 1.54) is 0 Å². The minimum atomic E-state index is -0.0394. The predicted octanol–water partition coefficient (Wildman–Crippen LogP) is 3.44. The van der Waals surface area contributed by atoms with Crippen LogP contribution in [-0.2, 0) is 9.59 Å². The number of halogens is 1. The van der Waals surface area contributed by atoms with Gasteiger partial charge in [-0.2, -0.15) is 0 Å². The normalized spacial score (nSPS) is 16.9. The van der Waals surface area contributed by atoms with Crippen LogP contribution in [-0.4, -0.2) is 11.6 Å². The Kier molecular flexibility index (Phi) is 3.75. The molecule has 0 aromatic heterocycles. The van der Waals surface area contributed by atoms with E-state index in [1.54, 1.807) is 30.3 Å². The van der Waals surface area contributed by atoms with Crippen molar-refractivity contribution in [3.63, 3.8) is 0 Å². The fraction of sp³-hybridized carbons (Fsp3) is 0.286. The van der Waals surface area contributed by atoms with E-state index in [-0.39, 0.29) is 11.6 Å². The molecular formula is C14H13ClO2. The van der Waals surface area contributed by atoms with E-state index in [1.807, 2.05) is 0 Å². The maximum atomic E-state index is 11.8. The molecule has 2 nitrogen and oxygen atoms in total. The fourth-order valence-electron chi connectivity index (χ4n) is 1.88. The first kappa shape index (κ1) is 12.1. The molecular weight excluding hydrogens is 236 g/mol. The number of allylic oxidation sites excluding steroid dienone is 1. The zero-order valence-corrected chi connectivity index (χ0v) is 10.2. The van der Waals surface area contributed by atoms with Crippen molar-refractivity contribution >= 4 is 29.2 Å². The number of ketones is 2. The Bertz CT molecular complexity index is 452. The molecule has 0 amide bonds. The minimum absolute atomic E-state index is 0.0394. The predicted molar refractivity (Wildman–Crippen MR) is 67.9 cm³/mol. The summed E-state index contributed by atoms with van der Waals surface area (Å²) >= 11 is 5.78. The standard InChI is InChI=1S/C14H13ClO2/c15-11-7-5-10(6-8-11)9-12-13(16)3-1-2-4-14(12)17/h5-9H,1-4H2. The van der Waals surface area contributed by atoms with Crippen molar-refractivity contribution in [3.05, 3.63) is 40.4 Å². The SMILES string of the molecule is O=C1CCCCC(=O)C1=Cc1ccc(Cl)cc1. The van der Waals surface area contributed by atoms with Crippen LogP contribution in [0.25, 0.3) is 6.08 Å².